The van der Waals surface area contributed by atoms with Gasteiger partial charge in [0, 0.05) is 25.2 Å². The second-order valence-electron chi connectivity index (χ2n) is 6.43. The zero-order valence-electron chi connectivity index (χ0n) is 14.2. The Balaban J connectivity index is 1.56. The number of hydrogen-bond donors (Lipinski definition) is 1. The van der Waals surface area contributed by atoms with Gasteiger partial charge in [-0.05, 0) is 36.6 Å². The molecule has 0 spiro atoms. The van der Waals surface area contributed by atoms with Crippen LogP contribution in [0.15, 0.2) is 48.5 Å². The predicted molar refractivity (Wildman–Crippen MR) is 94.6 cm³/mol. The van der Waals surface area contributed by atoms with Gasteiger partial charge < -0.3 is 10.2 Å². The molecule has 0 aromatic heterocycles. The first kappa shape index (κ1) is 17.1. The number of rotatable bonds is 5. The summed E-state index contributed by atoms with van der Waals surface area (Å²) < 4.78 is 13.6. The third kappa shape index (κ3) is 4.24. The van der Waals surface area contributed by atoms with Crippen LogP contribution in [0.2, 0.25) is 0 Å². The van der Waals surface area contributed by atoms with Crippen LogP contribution in [-0.4, -0.2) is 29.8 Å². The van der Waals surface area contributed by atoms with Crippen molar-refractivity contribution < 1.29 is 14.0 Å². The maximum Gasteiger partial charge on any atom is 0.229 e. The van der Waals surface area contributed by atoms with Crippen molar-refractivity contribution in [3.63, 3.8) is 0 Å². The van der Waals surface area contributed by atoms with Gasteiger partial charge in [0.05, 0.1) is 5.92 Å². The van der Waals surface area contributed by atoms with Crippen LogP contribution < -0.4 is 5.32 Å². The molecule has 1 N–H and O–H groups in total. The lowest BCUT2D eigenvalue weighted by molar-refractivity contribution is -0.128. The molecule has 5 heteroatoms. The number of amides is 2. The molecule has 3 rings (SSSR count). The summed E-state index contributed by atoms with van der Waals surface area (Å²) in [7, 11) is 0. The molecule has 0 saturated carbocycles. The number of nitrogens with zero attached hydrogens (tertiary/aromatic N) is 1. The Labute approximate surface area is 146 Å². The van der Waals surface area contributed by atoms with Crippen molar-refractivity contribution >= 4 is 17.5 Å². The quantitative estimate of drug-likeness (QED) is 0.909. The van der Waals surface area contributed by atoms with E-state index < -0.39 is 5.92 Å². The van der Waals surface area contributed by atoms with Crippen LogP contribution in [0.4, 0.5) is 10.1 Å². The lowest BCUT2D eigenvalue weighted by Gasteiger charge is -2.16. The van der Waals surface area contributed by atoms with Gasteiger partial charge in [-0.15, -0.1) is 0 Å². The first-order valence-corrected chi connectivity index (χ1v) is 8.41. The third-order valence-electron chi connectivity index (χ3n) is 4.54. The second-order valence-corrected chi connectivity index (χ2v) is 6.43. The molecule has 1 saturated heterocycles. The van der Waals surface area contributed by atoms with E-state index >= 15 is 0 Å². The highest BCUT2D eigenvalue weighted by Gasteiger charge is 2.34. The van der Waals surface area contributed by atoms with E-state index in [0.29, 0.717) is 24.3 Å². The number of benzene rings is 2. The smallest absolute Gasteiger partial charge is 0.229 e. The lowest BCUT2D eigenvalue weighted by Crippen LogP contribution is -2.30. The maximum absolute atomic E-state index is 13.6. The van der Waals surface area contributed by atoms with Crippen molar-refractivity contribution in [2.75, 3.05) is 18.4 Å². The fourth-order valence-electron chi connectivity index (χ4n) is 2.99. The van der Waals surface area contributed by atoms with E-state index in [9.17, 15) is 14.0 Å². The number of likely N-dealkylation sites (tertiary alicyclic amines) is 1. The van der Waals surface area contributed by atoms with Crippen LogP contribution >= 0.6 is 0 Å². The van der Waals surface area contributed by atoms with Gasteiger partial charge in [-0.2, -0.15) is 0 Å². The fourth-order valence-corrected chi connectivity index (χ4v) is 2.99. The standard InChI is InChI=1S/C20H21FN2O2/c1-14-7-8-17(12-18(14)21)22-20(25)16-11-19(24)23(13-16)10-9-15-5-3-2-4-6-15/h2-8,12,16H,9-11,13H2,1H3,(H,22,25). The van der Waals surface area contributed by atoms with Crippen LogP contribution in [0.5, 0.6) is 0 Å². The van der Waals surface area contributed by atoms with Crippen molar-refractivity contribution in [1.29, 1.82) is 0 Å². The van der Waals surface area contributed by atoms with E-state index in [1.165, 1.54) is 11.6 Å². The van der Waals surface area contributed by atoms with Crippen LogP contribution in [0.25, 0.3) is 0 Å². The molecule has 0 aliphatic carbocycles. The Morgan fingerprint density at radius 2 is 2.00 bits per heavy atom. The van der Waals surface area contributed by atoms with E-state index in [1.807, 2.05) is 30.3 Å². The molecule has 1 unspecified atom stereocenters. The number of halogens is 1. The van der Waals surface area contributed by atoms with Crippen molar-refractivity contribution in [1.82, 2.24) is 4.90 Å². The summed E-state index contributed by atoms with van der Waals surface area (Å²) in [5.41, 5.74) is 2.11. The summed E-state index contributed by atoms with van der Waals surface area (Å²) in [6.45, 7) is 2.68. The molecule has 0 bridgehead atoms. The molecule has 0 radical (unpaired) electrons. The van der Waals surface area contributed by atoms with Crippen molar-refractivity contribution in [2.24, 2.45) is 5.92 Å². The van der Waals surface area contributed by atoms with Crippen LogP contribution in [0, 0.1) is 18.7 Å². The molecule has 130 valence electrons. The Hall–Kier alpha value is -2.69. The number of nitrogens with one attached hydrogen (secondary N) is 1. The monoisotopic (exact) mass is 340 g/mol. The van der Waals surface area contributed by atoms with Crippen LogP contribution in [-0.2, 0) is 16.0 Å². The molecule has 1 heterocycles. The number of anilines is 1. The number of aryl methyl sites for hydroxylation is 1. The zero-order valence-corrected chi connectivity index (χ0v) is 14.2. The predicted octanol–water partition coefficient (Wildman–Crippen LogP) is 3.16. The van der Waals surface area contributed by atoms with Crippen molar-refractivity contribution in [3.05, 3.63) is 65.5 Å². The molecular formula is C20H21FN2O2. The average Bonchev–Trinajstić information content (AvgIpc) is 2.98. The van der Waals surface area contributed by atoms with Crippen molar-refractivity contribution in [2.45, 2.75) is 19.8 Å². The van der Waals surface area contributed by atoms with Crippen LogP contribution in [0.3, 0.4) is 0 Å². The van der Waals surface area contributed by atoms with Gasteiger partial charge in [0.2, 0.25) is 11.8 Å². The molecule has 2 aromatic rings. The highest BCUT2D eigenvalue weighted by atomic mass is 19.1. The maximum atomic E-state index is 13.6. The van der Waals surface area contributed by atoms with E-state index in [4.69, 9.17) is 0 Å². The van der Waals surface area contributed by atoms with Crippen molar-refractivity contribution in [3.8, 4) is 0 Å². The normalized spacial score (nSPS) is 17.0. The molecule has 2 amide bonds. The third-order valence-corrected chi connectivity index (χ3v) is 4.54. The summed E-state index contributed by atoms with van der Waals surface area (Å²) in [4.78, 5) is 26.2. The first-order chi connectivity index (χ1) is 12.0. The molecular weight excluding hydrogens is 319 g/mol. The summed E-state index contributed by atoms with van der Waals surface area (Å²) in [6.07, 6.45) is 0.971. The van der Waals surface area contributed by atoms with E-state index in [2.05, 4.69) is 5.32 Å². The topological polar surface area (TPSA) is 49.4 Å². The van der Waals surface area contributed by atoms with E-state index in [0.717, 1.165) is 6.42 Å². The Morgan fingerprint density at radius 3 is 2.72 bits per heavy atom. The number of hydrogen-bond acceptors (Lipinski definition) is 2. The Bertz CT molecular complexity index is 777. The highest BCUT2D eigenvalue weighted by Crippen LogP contribution is 2.21. The summed E-state index contributed by atoms with van der Waals surface area (Å²) in [6, 6.07) is 14.5. The number of carbonyl (C=O) groups is 2. The second kappa shape index (κ2) is 7.47. The fraction of sp³-hybridized carbons (Fsp3) is 0.300. The Morgan fingerprint density at radius 1 is 1.24 bits per heavy atom. The Kier molecular flexibility index (Phi) is 5.12. The summed E-state index contributed by atoms with van der Waals surface area (Å²) >= 11 is 0. The molecule has 4 nitrogen and oxygen atoms in total. The van der Waals surface area contributed by atoms with Gasteiger partial charge >= 0.3 is 0 Å². The largest absolute Gasteiger partial charge is 0.342 e. The first-order valence-electron chi connectivity index (χ1n) is 8.41. The van der Waals surface area contributed by atoms with Gasteiger partial charge in [0.25, 0.3) is 0 Å². The van der Waals surface area contributed by atoms with Crippen LogP contribution in [0.1, 0.15) is 17.5 Å². The van der Waals surface area contributed by atoms with Gasteiger partial charge in [-0.3, -0.25) is 9.59 Å². The van der Waals surface area contributed by atoms with Gasteiger partial charge in [-0.25, -0.2) is 4.39 Å². The molecule has 1 aliphatic heterocycles. The molecule has 2 aromatic carbocycles. The van der Waals surface area contributed by atoms with E-state index in [1.54, 1.807) is 24.0 Å². The molecule has 1 atom stereocenters. The minimum absolute atomic E-state index is 0.00818. The van der Waals surface area contributed by atoms with Gasteiger partial charge in [0.1, 0.15) is 5.82 Å². The molecule has 1 fully saturated rings. The SMILES string of the molecule is Cc1ccc(NC(=O)C2CC(=O)N(CCc3ccccc3)C2)cc1F. The summed E-state index contributed by atoms with van der Waals surface area (Å²) in [5.74, 6) is -0.998. The van der Waals surface area contributed by atoms with Gasteiger partial charge in [-0.1, -0.05) is 36.4 Å². The number of carbonyl (C=O) groups excluding carboxylic acids is 2. The minimum atomic E-state index is -0.396. The highest BCUT2D eigenvalue weighted by molar-refractivity contribution is 5.97. The minimum Gasteiger partial charge on any atom is -0.342 e. The van der Waals surface area contributed by atoms with E-state index in [-0.39, 0.29) is 24.1 Å². The van der Waals surface area contributed by atoms with Gasteiger partial charge in [0.15, 0.2) is 0 Å². The lowest BCUT2D eigenvalue weighted by atomic mass is 10.1. The molecule has 1 aliphatic rings. The molecule has 25 heavy (non-hydrogen) atoms. The average molecular weight is 340 g/mol. The zero-order chi connectivity index (χ0) is 17.8. The summed E-state index contributed by atoms with van der Waals surface area (Å²) in [5, 5.41) is 2.71.